The van der Waals surface area contributed by atoms with Crippen LogP contribution in [0.2, 0.25) is 0 Å². The minimum atomic E-state index is -0.823. The summed E-state index contributed by atoms with van der Waals surface area (Å²) in [7, 11) is 1.34. The van der Waals surface area contributed by atoms with Crippen LogP contribution in [0.25, 0.3) is 0 Å². The molecule has 2 rings (SSSR count). The Bertz CT molecular complexity index is 849. The summed E-state index contributed by atoms with van der Waals surface area (Å²) in [5.74, 6) is -0.309. The number of nitro benzene ring substituents is 1. The summed E-state index contributed by atoms with van der Waals surface area (Å²) in [5.41, 5.74) is 0.675. The molecule has 0 unspecified atom stereocenters. The number of amides is 1. The molecule has 0 N–H and O–H groups in total. The van der Waals surface area contributed by atoms with Crippen LogP contribution in [-0.4, -0.2) is 35.6 Å². The van der Waals surface area contributed by atoms with Crippen LogP contribution >= 0.6 is 0 Å². The van der Waals surface area contributed by atoms with E-state index < -0.39 is 17.0 Å². The molecule has 0 saturated carbocycles. The number of esters is 1. The average molecular weight is 372 g/mol. The highest BCUT2D eigenvalue weighted by atomic mass is 16.6. The fraction of sp³-hybridized carbons (Fsp3) is 0.176. The second-order valence-corrected chi connectivity index (χ2v) is 5.10. The van der Waals surface area contributed by atoms with Crippen molar-refractivity contribution in [3.63, 3.8) is 0 Å². The molecule has 10 nitrogen and oxygen atoms in total. The van der Waals surface area contributed by atoms with Gasteiger partial charge < -0.3 is 9.47 Å². The fourth-order valence-electron chi connectivity index (χ4n) is 1.84. The van der Waals surface area contributed by atoms with E-state index in [0.29, 0.717) is 11.3 Å². The quantitative estimate of drug-likeness (QED) is 0.328. The molecule has 140 valence electrons. The van der Waals surface area contributed by atoms with Gasteiger partial charge in [-0.05, 0) is 43.3 Å². The van der Waals surface area contributed by atoms with Gasteiger partial charge in [-0.15, -0.1) is 5.11 Å². The van der Waals surface area contributed by atoms with Crippen molar-refractivity contribution in [1.29, 1.82) is 0 Å². The van der Waals surface area contributed by atoms with Crippen LogP contribution in [0.4, 0.5) is 16.2 Å². The number of nitro groups is 1. The lowest BCUT2D eigenvalue weighted by atomic mass is 10.2. The molecule has 1 amide bonds. The second kappa shape index (κ2) is 9.04. The second-order valence-electron chi connectivity index (χ2n) is 5.10. The van der Waals surface area contributed by atoms with E-state index in [0.717, 1.165) is 5.01 Å². The molecule has 10 heteroatoms. The molecular formula is C17H16N4O6. The Morgan fingerprint density at radius 2 is 1.74 bits per heavy atom. The lowest BCUT2D eigenvalue weighted by Gasteiger charge is -2.09. The third-order valence-electron chi connectivity index (χ3n) is 3.19. The Balaban J connectivity index is 1.94. The molecule has 0 saturated heterocycles. The van der Waals surface area contributed by atoms with Crippen molar-refractivity contribution in [1.82, 2.24) is 5.01 Å². The average Bonchev–Trinajstić information content (AvgIpc) is 2.67. The van der Waals surface area contributed by atoms with Crippen molar-refractivity contribution in [3.8, 4) is 5.75 Å². The number of ether oxygens (including phenoxy) is 2. The zero-order chi connectivity index (χ0) is 19.8. The van der Waals surface area contributed by atoms with Gasteiger partial charge in [0.25, 0.3) is 5.69 Å². The first-order valence-electron chi connectivity index (χ1n) is 7.79. The molecule has 0 bridgehead atoms. The van der Waals surface area contributed by atoms with Crippen molar-refractivity contribution in [2.75, 3.05) is 13.7 Å². The van der Waals surface area contributed by atoms with Crippen LogP contribution in [0.15, 0.2) is 58.9 Å². The van der Waals surface area contributed by atoms with Gasteiger partial charge in [0.1, 0.15) is 5.75 Å². The normalized spacial score (nSPS) is 10.4. The maximum Gasteiger partial charge on any atom is 0.436 e. The first-order chi connectivity index (χ1) is 12.9. The number of hydrogen-bond acceptors (Lipinski definition) is 8. The van der Waals surface area contributed by atoms with Crippen molar-refractivity contribution in [3.05, 3.63) is 64.2 Å². The van der Waals surface area contributed by atoms with Gasteiger partial charge in [0.05, 0.1) is 22.8 Å². The summed E-state index contributed by atoms with van der Waals surface area (Å²) in [5, 5.41) is 19.0. The Morgan fingerprint density at radius 3 is 2.30 bits per heavy atom. The molecular weight excluding hydrogens is 356 g/mol. The van der Waals surface area contributed by atoms with E-state index >= 15 is 0 Å². The number of hydrogen-bond donors (Lipinski definition) is 0. The highest BCUT2D eigenvalue weighted by molar-refractivity contribution is 5.89. The van der Waals surface area contributed by atoms with Crippen LogP contribution in [0.3, 0.4) is 0 Å². The minimum absolute atomic E-state index is 0.117. The molecule has 0 aliphatic rings. The third-order valence-corrected chi connectivity index (χ3v) is 3.19. The fourth-order valence-corrected chi connectivity index (χ4v) is 1.84. The molecule has 0 spiro atoms. The van der Waals surface area contributed by atoms with Gasteiger partial charge in [0, 0.05) is 19.2 Å². The van der Waals surface area contributed by atoms with Gasteiger partial charge in [-0.3, -0.25) is 10.1 Å². The number of nitrogens with zero attached hydrogens (tertiary/aromatic N) is 4. The molecule has 2 aromatic rings. The number of non-ortho nitro benzene ring substituents is 1. The molecule has 0 fully saturated rings. The molecule has 0 radical (unpaired) electrons. The predicted octanol–water partition coefficient (Wildman–Crippen LogP) is 3.90. The van der Waals surface area contributed by atoms with Gasteiger partial charge in [-0.2, -0.15) is 5.01 Å². The first-order valence-corrected chi connectivity index (χ1v) is 7.79. The third kappa shape index (κ3) is 5.59. The molecule has 0 aliphatic heterocycles. The number of carbonyl (C=O) groups is 2. The van der Waals surface area contributed by atoms with Gasteiger partial charge in [-0.1, -0.05) is 5.22 Å². The Morgan fingerprint density at radius 1 is 1.11 bits per heavy atom. The SMILES string of the molecule is CCOC(=O)c1ccc(N=NN(C)C(=O)Oc2ccc([N+](=O)[O-])cc2)cc1. The number of rotatable bonds is 6. The summed E-state index contributed by atoms with van der Waals surface area (Å²) in [6.45, 7) is 1.99. The lowest BCUT2D eigenvalue weighted by molar-refractivity contribution is -0.384. The lowest BCUT2D eigenvalue weighted by Crippen LogP contribution is -2.24. The molecule has 0 aliphatic carbocycles. The van der Waals surface area contributed by atoms with Crippen molar-refractivity contribution >= 4 is 23.4 Å². The molecule has 0 heterocycles. The van der Waals surface area contributed by atoms with E-state index in [1.807, 2.05) is 0 Å². The summed E-state index contributed by atoms with van der Waals surface area (Å²) in [6, 6.07) is 11.2. The Hall–Kier alpha value is -3.82. The maximum absolute atomic E-state index is 11.9. The largest absolute Gasteiger partial charge is 0.462 e. The van der Waals surface area contributed by atoms with E-state index in [1.54, 1.807) is 19.1 Å². The summed E-state index contributed by atoms with van der Waals surface area (Å²) < 4.78 is 9.90. The van der Waals surface area contributed by atoms with E-state index in [1.165, 1.54) is 43.4 Å². The van der Waals surface area contributed by atoms with Crippen molar-refractivity contribution in [2.45, 2.75) is 6.92 Å². The van der Waals surface area contributed by atoms with E-state index in [-0.39, 0.29) is 18.0 Å². The summed E-state index contributed by atoms with van der Waals surface area (Å²) in [6.07, 6.45) is -0.823. The Labute approximate surface area is 154 Å². The zero-order valence-electron chi connectivity index (χ0n) is 14.6. The van der Waals surface area contributed by atoms with Crippen molar-refractivity contribution in [2.24, 2.45) is 10.3 Å². The predicted molar refractivity (Wildman–Crippen MR) is 93.8 cm³/mol. The number of benzene rings is 2. The highest BCUT2D eigenvalue weighted by Gasteiger charge is 2.12. The van der Waals surface area contributed by atoms with Gasteiger partial charge >= 0.3 is 12.1 Å². The smallest absolute Gasteiger partial charge is 0.436 e. The molecule has 0 atom stereocenters. The van der Waals surface area contributed by atoms with Crippen LogP contribution in [-0.2, 0) is 4.74 Å². The molecule has 2 aromatic carbocycles. The van der Waals surface area contributed by atoms with Crippen LogP contribution in [0.5, 0.6) is 5.75 Å². The maximum atomic E-state index is 11.9. The van der Waals surface area contributed by atoms with Crippen LogP contribution in [0, 0.1) is 10.1 Å². The van der Waals surface area contributed by atoms with E-state index in [9.17, 15) is 19.7 Å². The van der Waals surface area contributed by atoms with Gasteiger partial charge in [0.2, 0.25) is 0 Å². The summed E-state index contributed by atoms with van der Waals surface area (Å²) in [4.78, 5) is 33.5. The molecule has 27 heavy (non-hydrogen) atoms. The summed E-state index contributed by atoms with van der Waals surface area (Å²) >= 11 is 0. The number of carbonyl (C=O) groups excluding carboxylic acids is 2. The first kappa shape index (κ1) is 19.5. The van der Waals surface area contributed by atoms with Gasteiger partial charge in [0.15, 0.2) is 0 Å². The van der Waals surface area contributed by atoms with Gasteiger partial charge in [-0.25, -0.2) is 9.59 Å². The van der Waals surface area contributed by atoms with Crippen LogP contribution < -0.4 is 4.74 Å². The monoisotopic (exact) mass is 372 g/mol. The zero-order valence-corrected chi connectivity index (χ0v) is 14.6. The minimum Gasteiger partial charge on any atom is -0.462 e. The standard InChI is InChI=1S/C17H16N4O6/c1-3-26-16(22)12-4-6-13(7-5-12)18-19-20(2)17(23)27-15-10-8-14(9-11-15)21(24)25/h4-11H,3H2,1-2H3. The molecule has 0 aromatic heterocycles. The van der Waals surface area contributed by atoms with E-state index in [4.69, 9.17) is 9.47 Å². The highest BCUT2D eigenvalue weighted by Crippen LogP contribution is 2.18. The Kier molecular flexibility index (Phi) is 6.53. The van der Waals surface area contributed by atoms with E-state index in [2.05, 4.69) is 10.3 Å². The topological polar surface area (TPSA) is 124 Å². The van der Waals surface area contributed by atoms with Crippen molar-refractivity contribution < 1.29 is 24.0 Å². The van der Waals surface area contributed by atoms with Crippen LogP contribution in [0.1, 0.15) is 17.3 Å².